The molecule has 0 spiro atoms. The molecule has 2 heteroatoms. The first-order valence-electron chi connectivity index (χ1n) is 5.16. The Balaban J connectivity index is 2.85. The van der Waals surface area contributed by atoms with E-state index in [1.165, 1.54) is 0 Å². The van der Waals surface area contributed by atoms with Gasteiger partial charge in [-0.1, -0.05) is 39.0 Å². The summed E-state index contributed by atoms with van der Waals surface area (Å²) < 4.78 is 0. The van der Waals surface area contributed by atoms with E-state index in [-0.39, 0.29) is 11.2 Å². The number of hydrogen-bond acceptors (Lipinski definition) is 2. The standard InChI is InChI=1S/C14H15NO/c1-14(2,3)13(16)8-7-11-5-4-6-12(9-11)10-15/h4-9H,1-3H3/b8-7-. The average molecular weight is 213 g/mol. The van der Waals surface area contributed by atoms with Gasteiger partial charge in [0.1, 0.15) is 0 Å². The van der Waals surface area contributed by atoms with Crippen LogP contribution in [0.4, 0.5) is 0 Å². The molecule has 0 amide bonds. The Kier molecular flexibility index (Phi) is 3.63. The molecule has 0 N–H and O–H groups in total. The molecule has 0 atom stereocenters. The molecule has 0 fully saturated rings. The van der Waals surface area contributed by atoms with Crippen molar-refractivity contribution >= 4 is 11.9 Å². The molecular weight excluding hydrogens is 198 g/mol. The van der Waals surface area contributed by atoms with E-state index >= 15 is 0 Å². The number of carbonyl (C=O) groups is 1. The minimum Gasteiger partial charge on any atom is -0.294 e. The molecule has 0 saturated heterocycles. The van der Waals surface area contributed by atoms with E-state index in [1.807, 2.05) is 26.8 Å². The fraction of sp³-hybridized carbons (Fsp3) is 0.286. The summed E-state index contributed by atoms with van der Waals surface area (Å²) in [5, 5.41) is 8.73. The summed E-state index contributed by atoms with van der Waals surface area (Å²) in [5.74, 6) is 0.0786. The summed E-state index contributed by atoms with van der Waals surface area (Å²) in [4.78, 5) is 11.6. The van der Waals surface area contributed by atoms with E-state index in [4.69, 9.17) is 5.26 Å². The van der Waals surface area contributed by atoms with Crippen LogP contribution in [0.5, 0.6) is 0 Å². The van der Waals surface area contributed by atoms with Crippen LogP contribution in [-0.4, -0.2) is 5.78 Å². The molecule has 1 aromatic rings. The second-order valence-electron chi connectivity index (χ2n) is 4.68. The highest BCUT2D eigenvalue weighted by molar-refractivity contribution is 5.97. The number of nitriles is 1. The highest BCUT2D eigenvalue weighted by Crippen LogP contribution is 2.16. The largest absolute Gasteiger partial charge is 0.294 e. The molecule has 0 aliphatic heterocycles. The lowest BCUT2D eigenvalue weighted by Gasteiger charge is -2.12. The van der Waals surface area contributed by atoms with Gasteiger partial charge in [0.2, 0.25) is 0 Å². The SMILES string of the molecule is CC(C)(C)C(=O)/C=C\c1cccc(C#N)c1. The Hall–Kier alpha value is -1.88. The molecule has 1 rings (SSSR count). The van der Waals surface area contributed by atoms with E-state index in [2.05, 4.69) is 6.07 Å². The van der Waals surface area contributed by atoms with Crippen LogP contribution in [-0.2, 0) is 4.79 Å². The number of allylic oxidation sites excluding steroid dienone is 1. The Morgan fingerprint density at radius 1 is 1.38 bits per heavy atom. The van der Waals surface area contributed by atoms with Gasteiger partial charge in [-0.15, -0.1) is 0 Å². The highest BCUT2D eigenvalue weighted by Gasteiger charge is 2.17. The fourth-order valence-electron chi connectivity index (χ4n) is 1.13. The van der Waals surface area contributed by atoms with E-state index in [9.17, 15) is 4.79 Å². The summed E-state index contributed by atoms with van der Waals surface area (Å²) >= 11 is 0. The van der Waals surface area contributed by atoms with Gasteiger partial charge in [-0.25, -0.2) is 0 Å². The molecule has 16 heavy (non-hydrogen) atoms. The fourth-order valence-corrected chi connectivity index (χ4v) is 1.13. The molecule has 0 radical (unpaired) electrons. The van der Waals surface area contributed by atoms with E-state index in [0.29, 0.717) is 5.56 Å². The molecule has 0 bridgehead atoms. The summed E-state index contributed by atoms with van der Waals surface area (Å²) in [6.45, 7) is 5.64. The van der Waals surface area contributed by atoms with Crippen molar-refractivity contribution in [3.8, 4) is 6.07 Å². The molecule has 0 saturated carbocycles. The lowest BCUT2D eigenvalue weighted by atomic mass is 9.90. The number of carbonyl (C=O) groups excluding carboxylic acids is 1. The van der Waals surface area contributed by atoms with Crippen molar-refractivity contribution in [1.29, 1.82) is 5.26 Å². The maximum Gasteiger partial charge on any atom is 0.161 e. The molecule has 0 aliphatic rings. The summed E-state index contributed by atoms with van der Waals surface area (Å²) in [6, 6.07) is 9.24. The van der Waals surface area contributed by atoms with Crippen LogP contribution in [0.3, 0.4) is 0 Å². The number of nitrogens with zero attached hydrogens (tertiary/aromatic N) is 1. The Bertz CT molecular complexity index is 458. The van der Waals surface area contributed by atoms with Gasteiger partial charge in [-0.05, 0) is 23.8 Å². The molecule has 0 aliphatic carbocycles. The number of ketones is 1. The first-order chi connectivity index (χ1) is 7.43. The minimum absolute atomic E-state index is 0.0786. The third kappa shape index (κ3) is 3.36. The number of hydrogen-bond donors (Lipinski definition) is 0. The van der Waals surface area contributed by atoms with Crippen LogP contribution < -0.4 is 0 Å². The molecule has 0 aromatic heterocycles. The van der Waals surface area contributed by atoms with E-state index in [0.717, 1.165) is 5.56 Å². The Morgan fingerprint density at radius 3 is 2.62 bits per heavy atom. The topological polar surface area (TPSA) is 40.9 Å². The van der Waals surface area contributed by atoms with Crippen LogP contribution in [0.1, 0.15) is 31.9 Å². The zero-order chi connectivity index (χ0) is 12.2. The monoisotopic (exact) mass is 213 g/mol. The molecule has 1 aromatic carbocycles. The lowest BCUT2D eigenvalue weighted by Crippen LogP contribution is -2.17. The quantitative estimate of drug-likeness (QED) is 0.708. The van der Waals surface area contributed by atoms with Crippen LogP contribution in [0, 0.1) is 16.7 Å². The van der Waals surface area contributed by atoms with Gasteiger partial charge in [-0.3, -0.25) is 4.79 Å². The Labute approximate surface area is 96.2 Å². The maximum atomic E-state index is 11.6. The second kappa shape index (κ2) is 4.76. The molecular formula is C14H15NO. The van der Waals surface area contributed by atoms with Crippen molar-refractivity contribution in [1.82, 2.24) is 0 Å². The first kappa shape index (κ1) is 12.2. The van der Waals surface area contributed by atoms with Gasteiger partial charge < -0.3 is 0 Å². The molecule has 2 nitrogen and oxygen atoms in total. The van der Waals surface area contributed by atoms with Crippen LogP contribution in [0.2, 0.25) is 0 Å². The van der Waals surface area contributed by atoms with Gasteiger partial charge in [0.05, 0.1) is 11.6 Å². The summed E-state index contributed by atoms with van der Waals surface area (Å²) in [7, 11) is 0. The average Bonchev–Trinajstić information content (AvgIpc) is 2.25. The summed E-state index contributed by atoms with van der Waals surface area (Å²) in [5.41, 5.74) is 1.12. The molecule has 82 valence electrons. The predicted molar refractivity (Wildman–Crippen MR) is 64.7 cm³/mol. The van der Waals surface area contributed by atoms with E-state index in [1.54, 1.807) is 30.4 Å². The van der Waals surface area contributed by atoms with Gasteiger partial charge >= 0.3 is 0 Å². The number of benzene rings is 1. The van der Waals surface area contributed by atoms with Gasteiger partial charge in [-0.2, -0.15) is 5.26 Å². The number of rotatable bonds is 2. The zero-order valence-electron chi connectivity index (χ0n) is 9.82. The lowest BCUT2D eigenvalue weighted by molar-refractivity contribution is -0.121. The second-order valence-corrected chi connectivity index (χ2v) is 4.68. The highest BCUT2D eigenvalue weighted by atomic mass is 16.1. The van der Waals surface area contributed by atoms with Crippen molar-refractivity contribution in [2.45, 2.75) is 20.8 Å². The smallest absolute Gasteiger partial charge is 0.161 e. The van der Waals surface area contributed by atoms with Crippen LogP contribution in [0.15, 0.2) is 30.3 Å². The van der Waals surface area contributed by atoms with Gasteiger partial charge in [0.15, 0.2) is 5.78 Å². The molecule has 0 unspecified atom stereocenters. The molecule has 0 heterocycles. The first-order valence-corrected chi connectivity index (χ1v) is 5.16. The van der Waals surface area contributed by atoms with Gasteiger partial charge in [0, 0.05) is 5.41 Å². The van der Waals surface area contributed by atoms with E-state index < -0.39 is 0 Å². The van der Waals surface area contributed by atoms with Crippen molar-refractivity contribution in [3.63, 3.8) is 0 Å². The van der Waals surface area contributed by atoms with Crippen molar-refractivity contribution in [2.24, 2.45) is 5.41 Å². The van der Waals surface area contributed by atoms with Crippen molar-refractivity contribution in [3.05, 3.63) is 41.5 Å². The third-order valence-corrected chi connectivity index (χ3v) is 2.18. The third-order valence-electron chi connectivity index (χ3n) is 2.18. The van der Waals surface area contributed by atoms with Crippen molar-refractivity contribution < 1.29 is 4.79 Å². The predicted octanol–water partition coefficient (Wildman–Crippen LogP) is 3.19. The Morgan fingerprint density at radius 2 is 2.06 bits per heavy atom. The maximum absolute atomic E-state index is 11.6. The minimum atomic E-state index is -0.358. The summed E-state index contributed by atoms with van der Waals surface area (Å²) in [6.07, 6.45) is 3.31. The zero-order valence-corrected chi connectivity index (χ0v) is 9.82. The van der Waals surface area contributed by atoms with Crippen molar-refractivity contribution in [2.75, 3.05) is 0 Å². The van der Waals surface area contributed by atoms with Crippen LogP contribution in [0.25, 0.3) is 6.08 Å². The van der Waals surface area contributed by atoms with Crippen LogP contribution >= 0.6 is 0 Å². The normalized spacial score (nSPS) is 11.4. The van der Waals surface area contributed by atoms with Gasteiger partial charge in [0.25, 0.3) is 0 Å².